The molecule has 17 heavy (non-hydrogen) atoms. The number of hydrogen-bond acceptors (Lipinski definition) is 2. The van der Waals surface area contributed by atoms with Gasteiger partial charge in [-0.25, -0.2) is 0 Å². The molecule has 1 N–H and O–H groups in total. The SMILES string of the molecule is Cc1ccc(C[C@@H](C(=O)O)N(C)C2CC2)cc1. The fourth-order valence-corrected chi connectivity index (χ4v) is 2.09. The molecular formula is C14H19NO2. The van der Waals surface area contributed by atoms with E-state index in [-0.39, 0.29) is 0 Å². The maximum absolute atomic E-state index is 11.3. The van der Waals surface area contributed by atoms with Gasteiger partial charge in [-0.1, -0.05) is 29.8 Å². The first-order valence-electron chi connectivity index (χ1n) is 6.08. The minimum Gasteiger partial charge on any atom is -0.480 e. The highest BCUT2D eigenvalue weighted by molar-refractivity contribution is 5.74. The van der Waals surface area contributed by atoms with Gasteiger partial charge in [0.25, 0.3) is 0 Å². The van der Waals surface area contributed by atoms with Crippen LogP contribution in [0.2, 0.25) is 0 Å². The summed E-state index contributed by atoms with van der Waals surface area (Å²) in [7, 11) is 1.92. The number of carbonyl (C=O) groups is 1. The number of hydrogen-bond donors (Lipinski definition) is 1. The molecule has 1 aromatic rings. The fourth-order valence-electron chi connectivity index (χ4n) is 2.09. The van der Waals surface area contributed by atoms with E-state index >= 15 is 0 Å². The molecule has 92 valence electrons. The summed E-state index contributed by atoms with van der Waals surface area (Å²) in [4.78, 5) is 13.3. The van der Waals surface area contributed by atoms with E-state index in [1.807, 2.05) is 43.1 Å². The molecule has 1 atom stereocenters. The van der Waals surface area contributed by atoms with E-state index in [9.17, 15) is 9.90 Å². The lowest BCUT2D eigenvalue weighted by Crippen LogP contribution is -2.41. The van der Waals surface area contributed by atoms with Crippen molar-refractivity contribution in [3.8, 4) is 0 Å². The van der Waals surface area contributed by atoms with Gasteiger partial charge in [0.1, 0.15) is 6.04 Å². The van der Waals surface area contributed by atoms with Crippen molar-refractivity contribution in [1.82, 2.24) is 4.90 Å². The van der Waals surface area contributed by atoms with Gasteiger partial charge in [-0.15, -0.1) is 0 Å². The minimum atomic E-state index is -0.722. The molecule has 0 aliphatic heterocycles. The van der Waals surface area contributed by atoms with Crippen LogP contribution in [0.15, 0.2) is 24.3 Å². The van der Waals surface area contributed by atoms with Gasteiger partial charge in [0.2, 0.25) is 0 Å². The molecule has 0 bridgehead atoms. The Balaban J connectivity index is 2.06. The number of rotatable bonds is 5. The van der Waals surface area contributed by atoms with Crippen LogP contribution in [0.4, 0.5) is 0 Å². The molecule has 1 aromatic carbocycles. The summed E-state index contributed by atoms with van der Waals surface area (Å²) in [5, 5.41) is 9.29. The van der Waals surface area contributed by atoms with Crippen LogP contribution in [-0.2, 0) is 11.2 Å². The maximum atomic E-state index is 11.3. The van der Waals surface area contributed by atoms with Gasteiger partial charge in [0, 0.05) is 6.04 Å². The second-order valence-electron chi connectivity index (χ2n) is 4.94. The van der Waals surface area contributed by atoms with Crippen molar-refractivity contribution in [2.75, 3.05) is 7.05 Å². The van der Waals surface area contributed by atoms with E-state index in [4.69, 9.17) is 0 Å². The molecule has 0 amide bonds. The molecule has 0 saturated heterocycles. The smallest absolute Gasteiger partial charge is 0.321 e. The number of nitrogens with zero attached hydrogens (tertiary/aromatic N) is 1. The van der Waals surface area contributed by atoms with E-state index in [0.29, 0.717) is 12.5 Å². The maximum Gasteiger partial charge on any atom is 0.321 e. The Morgan fingerprint density at radius 1 is 1.41 bits per heavy atom. The standard InChI is InChI=1S/C14H19NO2/c1-10-3-5-11(6-4-10)9-13(14(16)17)15(2)12-7-8-12/h3-6,12-13H,7-9H2,1-2H3,(H,16,17)/t13-/m0/s1. The third-order valence-corrected chi connectivity index (χ3v) is 3.45. The van der Waals surface area contributed by atoms with E-state index in [1.165, 1.54) is 5.56 Å². The van der Waals surface area contributed by atoms with Gasteiger partial charge < -0.3 is 5.11 Å². The quantitative estimate of drug-likeness (QED) is 0.846. The number of carboxylic acid groups (broad SMARTS) is 1. The second kappa shape index (κ2) is 4.88. The molecule has 0 unspecified atom stereocenters. The average molecular weight is 233 g/mol. The summed E-state index contributed by atoms with van der Waals surface area (Å²) in [5.41, 5.74) is 2.30. The first-order valence-corrected chi connectivity index (χ1v) is 6.08. The van der Waals surface area contributed by atoms with Gasteiger partial charge in [-0.2, -0.15) is 0 Å². The van der Waals surface area contributed by atoms with E-state index < -0.39 is 12.0 Å². The predicted octanol–water partition coefficient (Wildman–Crippen LogP) is 2.08. The lowest BCUT2D eigenvalue weighted by atomic mass is 10.0. The summed E-state index contributed by atoms with van der Waals surface area (Å²) in [6.45, 7) is 2.04. The van der Waals surface area contributed by atoms with E-state index in [2.05, 4.69) is 0 Å². The summed E-state index contributed by atoms with van der Waals surface area (Å²) in [6.07, 6.45) is 2.85. The Morgan fingerprint density at radius 3 is 2.47 bits per heavy atom. The molecule has 0 aromatic heterocycles. The summed E-state index contributed by atoms with van der Waals surface area (Å²) in [6, 6.07) is 8.18. The van der Waals surface area contributed by atoms with Crippen LogP contribution >= 0.6 is 0 Å². The summed E-state index contributed by atoms with van der Waals surface area (Å²) >= 11 is 0. The zero-order chi connectivity index (χ0) is 12.4. The first-order chi connectivity index (χ1) is 8.08. The Labute approximate surface area is 102 Å². The minimum absolute atomic E-state index is 0.398. The fraction of sp³-hybridized carbons (Fsp3) is 0.500. The van der Waals surface area contributed by atoms with Crippen LogP contribution in [0.25, 0.3) is 0 Å². The lowest BCUT2D eigenvalue weighted by molar-refractivity contribution is -0.143. The van der Waals surface area contributed by atoms with Gasteiger partial charge in [0.05, 0.1) is 0 Å². The number of carboxylic acids is 1. The van der Waals surface area contributed by atoms with Crippen molar-refractivity contribution in [2.24, 2.45) is 0 Å². The normalized spacial score (nSPS) is 17.1. The van der Waals surface area contributed by atoms with Crippen molar-refractivity contribution in [3.63, 3.8) is 0 Å². The number of aryl methyl sites for hydroxylation is 1. The molecule has 0 heterocycles. The van der Waals surface area contributed by atoms with Crippen LogP contribution in [0.1, 0.15) is 24.0 Å². The Morgan fingerprint density at radius 2 is 2.00 bits per heavy atom. The third-order valence-electron chi connectivity index (χ3n) is 3.45. The zero-order valence-electron chi connectivity index (χ0n) is 10.4. The molecule has 1 aliphatic carbocycles. The van der Waals surface area contributed by atoms with Crippen LogP contribution in [0, 0.1) is 6.92 Å². The van der Waals surface area contributed by atoms with Crippen molar-refractivity contribution in [2.45, 2.75) is 38.3 Å². The molecule has 1 saturated carbocycles. The molecule has 2 rings (SSSR count). The molecule has 3 heteroatoms. The molecule has 1 aliphatic rings. The van der Waals surface area contributed by atoms with Crippen molar-refractivity contribution in [1.29, 1.82) is 0 Å². The first kappa shape index (κ1) is 12.1. The summed E-state index contributed by atoms with van der Waals surface area (Å²) in [5.74, 6) is -0.722. The van der Waals surface area contributed by atoms with Crippen LogP contribution in [0.5, 0.6) is 0 Å². The number of likely N-dealkylation sites (N-methyl/N-ethyl adjacent to an activating group) is 1. The van der Waals surface area contributed by atoms with Gasteiger partial charge in [-0.05, 0) is 38.8 Å². The van der Waals surface area contributed by atoms with E-state index in [0.717, 1.165) is 18.4 Å². The molecule has 1 fully saturated rings. The number of benzene rings is 1. The Bertz CT molecular complexity index is 395. The Kier molecular flexibility index (Phi) is 3.48. The van der Waals surface area contributed by atoms with Gasteiger partial charge in [-0.3, -0.25) is 9.69 Å². The predicted molar refractivity (Wildman–Crippen MR) is 67.1 cm³/mol. The topological polar surface area (TPSA) is 40.5 Å². The van der Waals surface area contributed by atoms with Crippen LogP contribution < -0.4 is 0 Å². The lowest BCUT2D eigenvalue weighted by Gasteiger charge is -2.24. The van der Waals surface area contributed by atoms with Gasteiger partial charge >= 0.3 is 5.97 Å². The van der Waals surface area contributed by atoms with E-state index in [1.54, 1.807) is 0 Å². The van der Waals surface area contributed by atoms with Gasteiger partial charge in [0.15, 0.2) is 0 Å². The summed E-state index contributed by atoms with van der Waals surface area (Å²) < 4.78 is 0. The molecule has 0 spiro atoms. The number of aliphatic carboxylic acids is 1. The van der Waals surface area contributed by atoms with Crippen LogP contribution in [0.3, 0.4) is 0 Å². The van der Waals surface area contributed by atoms with Crippen molar-refractivity contribution >= 4 is 5.97 Å². The highest BCUT2D eigenvalue weighted by Crippen LogP contribution is 2.28. The third kappa shape index (κ3) is 3.07. The van der Waals surface area contributed by atoms with Crippen LogP contribution in [-0.4, -0.2) is 35.1 Å². The Hall–Kier alpha value is -1.35. The highest BCUT2D eigenvalue weighted by atomic mass is 16.4. The molecule has 3 nitrogen and oxygen atoms in total. The largest absolute Gasteiger partial charge is 0.480 e. The zero-order valence-corrected chi connectivity index (χ0v) is 10.4. The monoisotopic (exact) mass is 233 g/mol. The van der Waals surface area contributed by atoms with Crippen molar-refractivity contribution < 1.29 is 9.90 Å². The molecular weight excluding hydrogens is 214 g/mol. The molecule has 0 radical (unpaired) electrons. The highest BCUT2D eigenvalue weighted by Gasteiger charge is 2.34. The second-order valence-corrected chi connectivity index (χ2v) is 4.94. The average Bonchev–Trinajstić information content (AvgIpc) is 3.11. The van der Waals surface area contributed by atoms with Crippen molar-refractivity contribution in [3.05, 3.63) is 35.4 Å².